The van der Waals surface area contributed by atoms with E-state index in [1.54, 1.807) is 6.20 Å². The van der Waals surface area contributed by atoms with E-state index in [0.29, 0.717) is 31.7 Å². The standard InChI is InChI=1S/C22H29N5O3/c1-16-19(13-23-24-22(16)29)27-14-17-5-3-4-6-18(17)20(27)15-30-12-7-21(28)26-10-8-25(2)9-11-26/h3-6,13,20H,7-12,14-15H2,1-2H3,(H,24,29)/t20-/m1/s1. The molecule has 0 unspecified atom stereocenters. The summed E-state index contributed by atoms with van der Waals surface area (Å²) in [6.07, 6.45) is 2.09. The van der Waals surface area contributed by atoms with E-state index in [2.05, 4.69) is 39.2 Å². The number of hydrogen-bond acceptors (Lipinski definition) is 6. The molecule has 160 valence electrons. The van der Waals surface area contributed by atoms with Gasteiger partial charge in [0.25, 0.3) is 5.56 Å². The van der Waals surface area contributed by atoms with E-state index >= 15 is 0 Å². The first-order valence-corrected chi connectivity index (χ1v) is 10.5. The van der Waals surface area contributed by atoms with Crippen molar-refractivity contribution in [3.05, 3.63) is 57.5 Å². The van der Waals surface area contributed by atoms with E-state index in [4.69, 9.17) is 4.74 Å². The third-order valence-electron chi connectivity index (χ3n) is 6.11. The second-order valence-electron chi connectivity index (χ2n) is 8.06. The minimum Gasteiger partial charge on any atom is -0.378 e. The highest BCUT2D eigenvalue weighted by Crippen LogP contribution is 2.37. The molecule has 8 heteroatoms. The maximum atomic E-state index is 12.4. The Bertz CT molecular complexity index is 952. The molecule has 0 saturated carbocycles. The summed E-state index contributed by atoms with van der Waals surface area (Å²) < 4.78 is 5.97. The number of benzene rings is 1. The number of anilines is 1. The maximum Gasteiger partial charge on any atom is 0.269 e. The van der Waals surface area contributed by atoms with Crippen molar-refractivity contribution >= 4 is 11.6 Å². The van der Waals surface area contributed by atoms with Crippen LogP contribution in [0.25, 0.3) is 0 Å². The van der Waals surface area contributed by atoms with Crippen LogP contribution in [-0.4, -0.2) is 72.3 Å². The van der Waals surface area contributed by atoms with Crippen LogP contribution in [0.4, 0.5) is 5.69 Å². The minimum absolute atomic E-state index is 0.0118. The summed E-state index contributed by atoms with van der Waals surface area (Å²) in [4.78, 5) is 30.8. The molecule has 2 aliphatic rings. The first kappa shape index (κ1) is 20.6. The van der Waals surface area contributed by atoms with Gasteiger partial charge in [-0.2, -0.15) is 5.10 Å². The highest BCUT2D eigenvalue weighted by Gasteiger charge is 2.31. The number of likely N-dealkylation sites (N-methyl/N-ethyl adjacent to an activating group) is 1. The van der Waals surface area contributed by atoms with Crippen molar-refractivity contribution in [2.45, 2.75) is 25.9 Å². The largest absolute Gasteiger partial charge is 0.378 e. The highest BCUT2D eigenvalue weighted by atomic mass is 16.5. The number of H-pyrrole nitrogens is 1. The summed E-state index contributed by atoms with van der Waals surface area (Å²) in [5.74, 6) is 0.154. The number of amides is 1. The van der Waals surface area contributed by atoms with Crippen molar-refractivity contribution in [3.8, 4) is 0 Å². The molecule has 0 bridgehead atoms. The Balaban J connectivity index is 1.40. The zero-order valence-electron chi connectivity index (χ0n) is 17.6. The van der Waals surface area contributed by atoms with E-state index in [1.807, 2.05) is 24.0 Å². The minimum atomic E-state index is -0.180. The zero-order chi connectivity index (χ0) is 21.1. The molecule has 2 aromatic rings. The lowest BCUT2D eigenvalue weighted by molar-refractivity contribution is -0.133. The topological polar surface area (TPSA) is 81.8 Å². The van der Waals surface area contributed by atoms with E-state index in [9.17, 15) is 9.59 Å². The van der Waals surface area contributed by atoms with Crippen LogP contribution in [0, 0.1) is 6.92 Å². The number of nitrogens with one attached hydrogen (secondary N) is 1. The average molecular weight is 412 g/mol. The number of rotatable bonds is 6. The van der Waals surface area contributed by atoms with E-state index in [1.165, 1.54) is 11.1 Å². The molecule has 3 heterocycles. The second kappa shape index (κ2) is 8.97. The molecule has 1 fully saturated rings. The van der Waals surface area contributed by atoms with Crippen LogP contribution in [-0.2, 0) is 16.1 Å². The number of carbonyl (C=O) groups is 1. The molecular formula is C22H29N5O3. The molecule has 8 nitrogen and oxygen atoms in total. The Labute approximate surface area is 176 Å². The van der Waals surface area contributed by atoms with E-state index in [0.717, 1.165) is 31.9 Å². The zero-order valence-corrected chi connectivity index (χ0v) is 17.6. The van der Waals surface area contributed by atoms with Crippen molar-refractivity contribution in [1.29, 1.82) is 0 Å². The molecule has 0 radical (unpaired) electrons. The van der Waals surface area contributed by atoms with Gasteiger partial charge in [-0.15, -0.1) is 0 Å². The smallest absolute Gasteiger partial charge is 0.269 e. The summed E-state index contributed by atoms with van der Waals surface area (Å²) in [5.41, 5.74) is 3.70. The molecule has 30 heavy (non-hydrogen) atoms. The number of piperazine rings is 1. The molecule has 1 N–H and O–H groups in total. The summed E-state index contributed by atoms with van der Waals surface area (Å²) in [7, 11) is 2.08. The van der Waals surface area contributed by atoms with Gasteiger partial charge in [-0.3, -0.25) is 9.59 Å². The fourth-order valence-electron chi connectivity index (χ4n) is 4.20. The fourth-order valence-corrected chi connectivity index (χ4v) is 4.20. The van der Waals surface area contributed by atoms with Crippen LogP contribution in [0.2, 0.25) is 0 Å². The Kier molecular flexibility index (Phi) is 6.15. The maximum absolute atomic E-state index is 12.4. The van der Waals surface area contributed by atoms with Crippen molar-refractivity contribution in [3.63, 3.8) is 0 Å². The molecule has 0 aliphatic carbocycles. The molecule has 1 aromatic heterocycles. The number of fused-ring (bicyclic) bond motifs is 1. The third kappa shape index (κ3) is 4.24. The number of carbonyl (C=O) groups excluding carboxylic acids is 1. The summed E-state index contributed by atoms with van der Waals surface area (Å²) in [6, 6.07) is 8.25. The number of aromatic nitrogens is 2. The van der Waals surface area contributed by atoms with Gasteiger partial charge in [-0.25, -0.2) is 5.10 Å². The average Bonchev–Trinajstić information content (AvgIpc) is 3.12. The normalized spacial score (nSPS) is 19.2. The lowest BCUT2D eigenvalue weighted by atomic mass is 10.1. The number of ether oxygens (including phenoxy) is 1. The van der Waals surface area contributed by atoms with Crippen LogP contribution in [0.15, 0.2) is 35.3 Å². The van der Waals surface area contributed by atoms with Crippen molar-refractivity contribution in [2.24, 2.45) is 0 Å². The van der Waals surface area contributed by atoms with Gasteiger partial charge in [0.15, 0.2) is 0 Å². The predicted octanol–water partition coefficient (Wildman–Crippen LogP) is 1.32. The van der Waals surface area contributed by atoms with Crippen LogP contribution in [0.5, 0.6) is 0 Å². The lowest BCUT2D eigenvalue weighted by Crippen LogP contribution is -2.47. The van der Waals surface area contributed by atoms with E-state index in [-0.39, 0.29) is 17.5 Å². The Hall–Kier alpha value is -2.71. The molecule has 1 aromatic carbocycles. The van der Waals surface area contributed by atoms with Crippen LogP contribution >= 0.6 is 0 Å². The molecular weight excluding hydrogens is 382 g/mol. The molecule has 2 aliphatic heterocycles. The predicted molar refractivity (Wildman–Crippen MR) is 114 cm³/mol. The Morgan fingerprint density at radius 1 is 1.23 bits per heavy atom. The van der Waals surface area contributed by atoms with Gasteiger partial charge in [-0.05, 0) is 25.1 Å². The van der Waals surface area contributed by atoms with Gasteiger partial charge < -0.3 is 19.4 Å². The summed E-state index contributed by atoms with van der Waals surface area (Å²) in [5, 5.41) is 6.48. The van der Waals surface area contributed by atoms with Gasteiger partial charge in [0.2, 0.25) is 5.91 Å². The fraction of sp³-hybridized carbons (Fsp3) is 0.500. The molecule has 0 spiro atoms. The van der Waals surface area contributed by atoms with Gasteiger partial charge in [0, 0.05) is 38.3 Å². The van der Waals surface area contributed by atoms with Gasteiger partial charge in [0.05, 0.1) is 37.6 Å². The number of aromatic amines is 1. The molecule has 4 rings (SSSR count). The molecule has 1 atom stereocenters. The van der Waals surface area contributed by atoms with Gasteiger partial charge >= 0.3 is 0 Å². The van der Waals surface area contributed by atoms with Gasteiger partial charge in [0.1, 0.15) is 0 Å². The van der Waals surface area contributed by atoms with Crippen LogP contribution < -0.4 is 10.5 Å². The monoisotopic (exact) mass is 411 g/mol. The number of hydrogen-bond donors (Lipinski definition) is 1. The lowest BCUT2D eigenvalue weighted by Gasteiger charge is -2.32. The van der Waals surface area contributed by atoms with Crippen LogP contribution in [0.1, 0.15) is 29.2 Å². The van der Waals surface area contributed by atoms with Crippen molar-refractivity contribution in [2.75, 3.05) is 51.3 Å². The molecule has 1 amide bonds. The quantitative estimate of drug-likeness (QED) is 0.722. The first-order chi connectivity index (χ1) is 14.5. The SMILES string of the molecule is Cc1c(N2Cc3ccccc3[C@H]2COCCC(=O)N2CCN(C)CC2)cn[nH]c1=O. The summed E-state index contributed by atoms with van der Waals surface area (Å²) >= 11 is 0. The van der Waals surface area contributed by atoms with Crippen molar-refractivity contribution < 1.29 is 9.53 Å². The van der Waals surface area contributed by atoms with E-state index < -0.39 is 0 Å². The number of nitrogens with zero attached hydrogens (tertiary/aromatic N) is 4. The van der Waals surface area contributed by atoms with Crippen LogP contribution in [0.3, 0.4) is 0 Å². The van der Waals surface area contributed by atoms with Crippen molar-refractivity contribution in [1.82, 2.24) is 20.0 Å². The molecule has 1 saturated heterocycles. The highest BCUT2D eigenvalue weighted by molar-refractivity contribution is 5.76. The Morgan fingerprint density at radius 2 is 2.00 bits per heavy atom. The van der Waals surface area contributed by atoms with Gasteiger partial charge in [-0.1, -0.05) is 24.3 Å². The Morgan fingerprint density at radius 3 is 2.80 bits per heavy atom. The first-order valence-electron chi connectivity index (χ1n) is 10.5. The third-order valence-corrected chi connectivity index (χ3v) is 6.11. The second-order valence-corrected chi connectivity index (χ2v) is 8.06. The summed E-state index contributed by atoms with van der Waals surface area (Å²) in [6.45, 7) is 6.78.